The summed E-state index contributed by atoms with van der Waals surface area (Å²) in [5.41, 5.74) is 6.29. The van der Waals surface area contributed by atoms with Crippen molar-refractivity contribution in [2.24, 2.45) is 0 Å². The van der Waals surface area contributed by atoms with Gasteiger partial charge < -0.3 is 0 Å². The summed E-state index contributed by atoms with van der Waals surface area (Å²) in [5, 5.41) is 0. The number of hydrogen-bond donors (Lipinski definition) is 0. The van der Waals surface area contributed by atoms with E-state index in [1.54, 1.807) is 0 Å². The van der Waals surface area contributed by atoms with Gasteiger partial charge >= 0.3 is 0 Å². The third kappa shape index (κ3) is 4.77. The zero-order chi connectivity index (χ0) is 12.5. The lowest BCUT2D eigenvalue weighted by molar-refractivity contribution is 0.721. The molecule has 0 heteroatoms. The molecular weight excluding hydrogens is 204 g/mol. The lowest BCUT2D eigenvalue weighted by Gasteiger charge is -1.97. The summed E-state index contributed by atoms with van der Waals surface area (Å²) >= 11 is 0. The highest BCUT2D eigenvalue weighted by Crippen LogP contribution is 2.08. The van der Waals surface area contributed by atoms with Gasteiger partial charge in [-0.2, -0.15) is 0 Å². The molecular formula is C17H20. The van der Waals surface area contributed by atoms with Gasteiger partial charge in [-0.1, -0.05) is 56.4 Å². The van der Waals surface area contributed by atoms with Crippen LogP contribution >= 0.6 is 0 Å². The molecule has 0 fully saturated rings. The molecule has 1 aromatic rings. The molecule has 0 aliphatic carbocycles. The van der Waals surface area contributed by atoms with Gasteiger partial charge in [-0.3, -0.25) is 0 Å². The van der Waals surface area contributed by atoms with Crippen molar-refractivity contribution in [1.82, 2.24) is 0 Å². The van der Waals surface area contributed by atoms with Crippen LogP contribution in [0, 0.1) is 18.8 Å². The van der Waals surface area contributed by atoms with E-state index >= 15 is 0 Å². The number of hydrogen-bond acceptors (Lipinski definition) is 0. The minimum Gasteiger partial charge on any atom is -0.116 e. The summed E-state index contributed by atoms with van der Waals surface area (Å²) in [4.78, 5) is 0. The van der Waals surface area contributed by atoms with Crippen molar-refractivity contribution < 1.29 is 0 Å². The zero-order valence-corrected chi connectivity index (χ0v) is 10.8. The molecule has 0 aliphatic rings. The molecule has 0 atom stereocenters. The predicted molar refractivity (Wildman–Crippen MR) is 74.9 cm³/mol. The van der Waals surface area contributed by atoms with Gasteiger partial charge in [0.15, 0.2) is 0 Å². The number of rotatable bonds is 4. The highest BCUT2D eigenvalue weighted by Gasteiger charge is 1.93. The average molecular weight is 224 g/mol. The molecule has 0 unspecified atom stereocenters. The fourth-order valence-corrected chi connectivity index (χ4v) is 1.60. The SMILES string of the molecule is C=C=C(C#Cc1ccccc1C)CCCCC. The van der Waals surface area contributed by atoms with Crippen molar-refractivity contribution in [3.8, 4) is 11.8 Å². The van der Waals surface area contributed by atoms with Crippen LogP contribution in [0.2, 0.25) is 0 Å². The second kappa shape index (κ2) is 7.55. The fourth-order valence-electron chi connectivity index (χ4n) is 1.60. The monoisotopic (exact) mass is 224 g/mol. The third-order valence-corrected chi connectivity index (χ3v) is 2.74. The normalized spacial score (nSPS) is 9.06. The van der Waals surface area contributed by atoms with Crippen LogP contribution in [0.3, 0.4) is 0 Å². The molecule has 0 saturated heterocycles. The van der Waals surface area contributed by atoms with Crippen LogP contribution < -0.4 is 0 Å². The van der Waals surface area contributed by atoms with Gasteiger partial charge in [0.2, 0.25) is 0 Å². The Hall–Kier alpha value is -1.70. The molecule has 1 aromatic carbocycles. The van der Waals surface area contributed by atoms with Crippen LogP contribution in [0.25, 0.3) is 0 Å². The summed E-state index contributed by atoms with van der Waals surface area (Å²) in [6, 6.07) is 8.19. The van der Waals surface area contributed by atoms with E-state index in [9.17, 15) is 0 Å². The van der Waals surface area contributed by atoms with Crippen LogP contribution in [0.1, 0.15) is 43.7 Å². The number of aryl methyl sites for hydroxylation is 1. The Kier molecular flexibility index (Phi) is 5.94. The Morgan fingerprint density at radius 1 is 1.24 bits per heavy atom. The summed E-state index contributed by atoms with van der Waals surface area (Å²) in [5.74, 6) is 6.38. The second-order valence-electron chi connectivity index (χ2n) is 4.18. The highest BCUT2D eigenvalue weighted by molar-refractivity contribution is 5.44. The summed E-state index contributed by atoms with van der Waals surface area (Å²) in [6.45, 7) is 8.00. The van der Waals surface area contributed by atoms with Gasteiger partial charge in [-0.15, -0.1) is 5.73 Å². The maximum absolute atomic E-state index is 3.71. The molecule has 0 nitrogen and oxygen atoms in total. The quantitative estimate of drug-likeness (QED) is 0.397. The first-order chi connectivity index (χ1) is 8.27. The fraction of sp³-hybridized carbons (Fsp3) is 0.353. The van der Waals surface area contributed by atoms with Crippen molar-refractivity contribution in [2.75, 3.05) is 0 Å². The van der Waals surface area contributed by atoms with Crippen molar-refractivity contribution >= 4 is 0 Å². The van der Waals surface area contributed by atoms with Gasteiger partial charge in [-0.25, -0.2) is 0 Å². The number of unbranched alkanes of at least 4 members (excludes halogenated alkanes) is 2. The highest BCUT2D eigenvalue weighted by atomic mass is 14.0. The van der Waals surface area contributed by atoms with Gasteiger partial charge in [0.1, 0.15) is 0 Å². The molecule has 88 valence electrons. The van der Waals surface area contributed by atoms with Crippen LogP contribution in [0.5, 0.6) is 0 Å². The van der Waals surface area contributed by atoms with E-state index in [1.165, 1.54) is 24.8 Å². The number of allylic oxidation sites excluding steroid dienone is 1. The summed E-state index contributed by atoms with van der Waals surface area (Å²) in [6.07, 6.45) is 4.65. The molecule has 17 heavy (non-hydrogen) atoms. The maximum atomic E-state index is 3.71. The second-order valence-corrected chi connectivity index (χ2v) is 4.18. The third-order valence-electron chi connectivity index (χ3n) is 2.74. The zero-order valence-electron chi connectivity index (χ0n) is 10.8. The molecule has 0 aliphatic heterocycles. The first kappa shape index (κ1) is 13.4. The smallest absolute Gasteiger partial charge is 0.0435 e. The molecule has 0 N–H and O–H groups in total. The van der Waals surface area contributed by atoms with E-state index in [0.29, 0.717) is 0 Å². The van der Waals surface area contributed by atoms with E-state index in [1.807, 2.05) is 12.1 Å². The Morgan fingerprint density at radius 2 is 2.00 bits per heavy atom. The molecule has 0 saturated carbocycles. The van der Waals surface area contributed by atoms with Crippen LogP contribution in [-0.2, 0) is 0 Å². The van der Waals surface area contributed by atoms with Gasteiger partial charge in [0, 0.05) is 11.1 Å². The van der Waals surface area contributed by atoms with Crippen molar-refractivity contribution in [2.45, 2.75) is 39.5 Å². The number of benzene rings is 1. The molecule has 0 amide bonds. The molecule has 0 bridgehead atoms. The Morgan fingerprint density at radius 3 is 2.65 bits per heavy atom. The maximum Gasteiger partial charge on any atom is 0.0435 e. The van der Waals surface area contributed by atoms with Crippen LogP contribution in [0.15, 0.2) is 42.1 Å². The van der Waals surface area contributed by atoms with E-state index in [0.717, 1.165) is 17.6 Å². The Bertz CT molecular complexity index is 462. The van der Waals surface area contributed by atoms with E-state index in [-0.39, 0.29) is 0 Å². The molecule has 0 heterocycles. The van der Waals surface area contributed by atoms with E-state index in [4.69, 9.17) is 0 Å². The van der Waals surface area contributed by atoms with Crippen molar-refractivity contribution in [3.05, 3.63) is 53.3 Å². The Balaban J connectivity index is 2.70. The van der Waals surface area contributed by atoms with E-state index < -0.39 is 0 Å². The largest absolute Gasteiger partial charge is 0.116 e. The average Bonchev–Trinajstić information content (AvgIpc) is 2.35. The minimum atomic E-state index is 0.996. The first-order valence-corrected chi connectivity index (χ1v) is 6.24. The van der Waals surface area contributed by atoms with Crippen LogP contribution in [-0.4, -0.2) is 0 Å². The standard InChI is InChI=1S/C17H20/c1-4-6-7-11-16(5-2)13-14-17-12-9-8-10-15(17)3/h8-10,12H,2,4,6-7,11H2,1,3H3. The molecule has 0 aromatic heterocycles. The minimum absolute atomic E-state index is 0.996. The lowest BCUT2D eigenvalue weighted by Crippen LogP contribution is -1.82. The van der Waals surface area contributed by atoms with Crippen molar-refractivity contribution in [1.29, 1.82) is 0 Å². The van der Waals surface area contributed by atoms with Gasteiger partial charge in [0.05, 0.1) is 0 Å². The summed E-state index contributed by atoms with van der Waals surface area (Å²) in [7, 11) is 0. The molecule has 1 rings (SSSR count). The first-order valence-electron chi connectivity index (χ1n) is 6.24. The lowest BCUT2D eigenvalue weighted by atomic mass is 10.1. The van der Waals surface area contributed by atoms with Gasteiger partial charge in [0.25, 0.3) is 0 Å². The molecule has 0 radical (unpaired) electrons. The van der Waals surface area contributed by atoms with Crippen molar-refractivity contribution in [3.63, 3.8) is 0 Å². The Labute approximate surface area is 105 Å². The summed E-state index contributed by atoms with van der Waals surface area (Å²) < 4.78 is 0. The van der Waals surface area contributed by atoms with Gasteiger partial charge in [-0.05, 0) is 31.4 Å². The van der Waals surface area contributed by atoms with Crippen LogP contribution in [0.4, 0.5) is 0 Å². The predicted octanol–water partition coefficient (Wildman–Crippen LogP) is 4.64. The van der Waals surface area contributed by atoms with E-state index in [2.05, 4.69) is 50.1 Å². The molecule has 0 spiro atoms. The topological polar surface area (TPSA) is 0 Å².